The van der Waals surface area contributed by atoms with Crippen LogP contribution in [-0.4, -0.2) is 41.3 Å². The first kappa shape index (κ1) is 16.3. The van der Waals surface area contributed by atoms with E-state index in [1.165, 1.54) is 19.3 Å². The number of hydrogen-bond donors (Lipinski definition) is 2. The van der Waals surface area contributed by atoms with Crippen molar-refractivity contribution < 1.29 is 13.2 Å². The van der Waals surface area contributed by atoms with Crippen molar-refractivity contribution in [2.24, 2.45) is 5.92 Å². The third-order valence-electron chi connectivity index (χ3n) is 4.97. The van der Waals surface area contributed by atoms with Crippen molar-refractivity contribution in [3.63, 3.8) is 0 Å². The van der Waals surface area contributed by atoms with Crippen molar-refractivity contribution in [3.8, 4) is 0 Å². The molecular formula is C15H24N4O3S. The van der Waals surface area contributed by atoms with Crippen LogP contribution in [-0.2, 0) is 22.9 Å². The molecule has 0 spiro atoms. The highest BCUT2D eigenvalue weighted by molar-refractivity contribution is 7.92. The summed E-state index contributed by atoms with van der Waals surface area (Å²) in [6, 6.07) is -0.632. The summed E-state index contributed by atoms with van der Waals surface area (Å²) >= 11 is 0. The van der Waals surface area contributed by atoms with Gasteiger partial charge in [0, 0.05) is 30.9 Å². The molecule has 1 aromatic heterocycles. The topological polar surface area (TPSA) is 93.1 Å². The van der Waals surface area contributed by atoms with Gasteiger partial charge in [-0.25, -0.2) is 13.2 Å². The normalized spacial score (nSPS) is 26.7. The lowest BCUT2D eigenvalue weighted by Crippen LogP contribution is -2.45. The molecule has 2 heterocycles. The fraction of sp³-hybridized carbons (Fsp3) is 0.733. The molecule has 2 amide bonds. The molecule has 2 N–H and O–H groups in total. The molecule has 1 aromatic rings. The number of nitrogens with one attached hydrogen (secondary N) is 2. The highest BCUT2D eigenvalue weighted by Gasteiger charge is 2.37. The van der Waals surface area contributed by atoms with Crippen LogP contribution in [0.1, 0.15) is 38.2 Å². The van der Waals surface area contributed by atoms with E-state index in [1.54, 1.807) is 13.1 Å². The number of urea groups is 1. The molecule has 8 heteroatoms. The van der Waals surface area contributed by atoms with Crippen molar-refractivity contribution in [1.29, 1.82) is 0 Å². The molecule has 1 aliphatic heterocycles. The van der Waals surface area contributed by atoms with Gasteiger partial charge in [0.2, 0.25) is 0 Å². The van der Waals surface area contributed by atoms with E-state index in [1.807, 2.05) is 10.9 Å². The largest absolute Gasteiger partial charge is 0.334 e. The minimum Gasteiger partial charge on any atom is -0.334 e. The van der Waals surface area contributed by atoms with Crippen LogP contribution in [0.3, 0.4) is 0 Å². The zero-order valence-electron chi connectivity index (χ0n) is 13.4. The number of sulfone groups is 1. The second kappa shape index (κ2) is 6.51. The van der Waals surface area contributed by atoms with E-state index in [9.17, 15) is 13.2 Å². The van der Waals surface area contributed by atoms with E-state index in [0.29, 0.717) is 13.0 Å². The third kappa shape index (κ3) is 3.85. The molecule has 2 atom stereocenters. The molecule has 1 aliphatic carbocycles. The van der Waals surface area contributed by atoms with Gasteiger partial charge in [0.15, 0.2) is 9.84 Å². The van der Waals surface area contributed by atoms with Crippen molar-refractivity contribution >= 4 is 15.9 Å². The van der Waals surface area contributed by atoms with Gasteiger partial charge >= 0.3 is 6.03 Å². The molecule has 1 saturated carbocycles. The van der Waals surface area contributed by atoms with Crippen molar-refractivity contribution in [2.45, 2.75) is 57.0 Å². The molecular weight excluding hydrogens is 316 g/mol. The average Bonchev–Trinajstić information content (AvgIpc) is 3.01. The van der Waals surface area contributed by atoms with Crippen LogP contribution in [0.15, 0.2) is 12.4 Å². The van der Waals surface area contributed by atoms with Crippen molar-refractivity contribution in [1.82, 2.24) is 20.4 Å². The van der Waals surface area contributed by atoms with Gasteiger partial charge in [-0.15, -0.1) is 0 Å². The summed E-state index contributed by atoms with van der Waals surface area (Å²) in [7, 11) is -3.05. The van der Waals surface area contributed by atoms with Crippen LogP contribution in [0.4, 0.5) is 4.79 Å². The van der Waals surface area contributed by atoms with E-state index in [-0.39, 0.29) is 17.8 Å². The lowest BCUT2D eigenvalue weighted by molar-refractivity contribution is 0.236. The van der Waals surface area contributed by atoms with Gasteiger partial charge in [0.05, 0.1) is 17.2 Å². The third-order valence-corrected chi connectivity index (χ3v) is 7.24. The Morgan fingerprint density at radius 2 is 2.17 bits per heavy atom. The lowest BCUT2D eigenvalue weighted by Gasteiger charge is -2.24. The standard InChI is InChI=1S/C15H24N4O3S/c1-11-14(5-6-23(11,21)22)18-15(20)16-7-13-8-17-19(10-13)9-12-3-2-4-12/h8,10-12,14H,2-7,9H2,1H3,(H2,16,18,20)/t11-,14-/m1/s1. The van der Waals surface area contributed by atoms with Gasteiger partial charge in [0.25, 0.3) is 0 Å². The first-order chi connectivity index (χ1) is 10.9. The molecule has 2 aliphatic rings. The first-order valence-corrected chi connectivity index (χ1v) is 9.93. The maximum absolute atomic E-state index is 11.9. The molecule has 0 unspecified atom stereocenters. The van der Waals surface area contributed by atoms with Crippen molar-refractivity contribution in [2.75, 3.05) is 5.75 Å². The molecule has 23 heavy (non-hydrogen) atoms. The van der Waals surface area contributed by atoms with E-state index in [2.05, 4.69) is 15.7 Å². The Morgan fingerprint density at radius 1 is 1.39 bits per heavy atom. The fourth-order valence-electron chi connectivity index (χ4n) is 3.09. The molecule has 0 radical (unpaired) electrons. The average molecular weight is 340 g/mol. The Bertz CT molecular complexity index is 666. The van der Waals surface area contributed by atoms with E-state index < -0.39 is 15.1 Å². The number of aromatic nitrogens is 2. The quantitative estimate of drug-likeness (QED) is 0.838. The predicted octanol–water partition coefficient (Wildman–Crippen LogP) is 1.06. The predicted molar refractivity (Wildman–Crippen MR) is 86.6 cm³/mol. The second-order valence-corrected chi connectivity index (χ2v) is 9.14. The Kier molecular flexibility index (Phi) is 4.61. The van der Waals surface area contributed by atoms with Gasteiger partial charge in [-0.05, 0) is 32.1 Å². The van der Waals surface area contributed by atoms with Gasteiger partial charge < -0.3 is 10.6 Å². The van der Waals surface area contributed by atoms with Gasteiger partial charge in [0.1, 0.15) is 0 Å². The highest BCUT2D eigenvalue weighted by atomic mass is 32.2. The SMILES string of the molecule is C[C@@H]1[C@H](NC(=O)NCc2cnn(CC3CCC3)c2)CCS1(=O)=O. The Hall–Kier alpha value is -1.57. The van der Waals surface area contributed by atoms with Gasteiger partial charge in [-0.2, -0.15) is 5.10 Å². The van der Waals surface area contributed by atoms with Crippen LogP contribution in [0.5, 0.6) is 0 Å². The first-order valence-electron chi connectivity index (χ1n) is 8.21. The van der Waals surface area contributed by atoms with E-state index >= 15 is 0 Å². The summed E-state index contributed by atoms with van der Waals surface area (Å²) in [5.74, 6) is 0.886. The summed E-state index contributed by atoms with van der Waals surface area (Å²) in [4.78, 5) is 11.9. The molecule has 1 saturated heterocycles. The summed E-state index contributed by atoms with van der Waals surface area (Å²) in [5, 5.41) is 9.33. The molecule has 128 valence electrons. The molecule has 2 fully saturated rings. The summed E-state index contributed by atoms with van der Waals surface area (Å²) < 4.78 is 25.3. The molecule has 3 rings (SSSR count). The summed E-state index contributed by atoms with van der Waals surface area (Å²) in [5.41, 5.74) is 0.951. The molecule has 0 bridgehead atoms. The summed E-state index contributed by atoms with van der Waals surface area (Å²) in [6.07, 6.45) is 8.07. The van der Waals surface area contributed by atoms with Crippen LogP contribution in [0.25, 0.3) is 0 Å². The minimum absolute atomic E-state index is 0.146. The van der Waals surface area contributed by atoms with E-state index in [0.717, 1.165) is 18.0 Å². The summed E-state index contributed by atoms with van der Waals surface area (Å²) in [6.45, 7) is 2.99. The number of rotatable bonds is 5. The van der Waals surface area contributed by atoms with Crippen LogP contribution < -0.4 is 10.6 Å². The minimum atomic E-state index is -3.05. The lowest BCUT2D eigenvalue weighted by atomic mass is 9.85. The Balaban J connectivity index is 1.44. The zero-order chi connectivity index (χ0) is 16.4. The second-order valence-electron chi connectivity index (χ2n) is 6.66. The number of nitrogens with zero attached hydrogens (tertiary/aromatic N) is 2. The monoisotopic (exact) mass is 340 g/mol. The van der Waals surface area contributed by atoms with Crippen LogP contribution in [0.2, 0.25) is 0 Å². The zero-order valence-corrected chi connectivity index (χ0v) is 14.2. The molecule has 7 nitrogen and oxygen atoms in total. The number of hydrogen-bond acceptors (Lipinski definition) is 4. The van der Waals surface area contributed by atoms with E-state index in [4.69, 9.17) is 0 Å². The number of carbonyl (C=O) groups is 1. The van der Waals surface area contributed by atoms with Gasteiger partial charge in [-0.3, -0.25) is 4.68 Å². The Labute approximate surface area is 136 Å². The number of carbonyl (C=O) groups excluding carboxylic acids is 1. The van der Waals surface area contributed by atoms with Crippen LogP contribution in [0, 0.1) is 5.92 Å². The van der Waals surface area contributed by atoms with Crippen molar-refractivity contribution in [3.05, 3.63) is 18.0 Å². The van der Waals surface area contributed by atoms with Gasteiger partial charge in [-0.1, -0.05) is 6.42 Å². The van der Waals surface area contributed by atoms with Crippen LogP contribution >= 0.6 is 0 Å². The smallest absolute Gasteiger partial charge is 0.315 e. The fourth-order valence-corrected chi connectivity index (χ4v) is 4.75. The molecule has 0 aromatic carbocycles. The maximum atomic E-state index is 11.9. The number of amides is 2. The maximum Gasteiger partial charge on any atom is 0.315 e. The Morgan fingerprint density at radius 3 is 2.78 bits per heavy atom. The highest BCUT2D eigenvalue weighted by Crippen LogP contribution is 2.27.